The van der Waals surface area contributed by atoms with Gasteiger partial charge in [-0.05, 0) is 19.8 Å². The van der Waals surface area contributed by atoms with E-state index in [0.29, 0.717) is 25.7 Å². The minimum Gasteiger partial charge on any atom is -0.381 e. The van der Waals surface area contributed by atoms with E-state index in [1.807, 2.05) is 6.92 Å². The summed E-state index contributed by atoms with van der Waals surface area (Å²) in [5.41, 5.74) is 0. The maximum atomic E-state index is 11.4. The molecule has 0 saturated heterocycles. The normalized spacial score (nSPS) is 18.1. The van der Waals surface area contributed by atoms with Crippen LogP contribution < -0.4 is 5.32 Å². The smallest absolute Gasteiger partial charge is 0.222 e. The Morgan fingerprint density at radius 1 is 1.36 bits per heavy atom. The van der Waals surface area contributed by atoms with Crippen molar-refractivity contribution in [3.05, 3.63) is 0 Å². The van der Waals surface area contributed by atoms with Gasteiger partial charge in [0.2, 0.25) is 5.91 Å². The Kier molecular flexibility index (Phi) is 5.60. The number of ether oxygens (including phenoxy) is 1. The molecule has 0 aromatic heterocycles. The van der Waals surface area contributed by atoms with Crippen LogP contribution in [-0.4, -0.2) is 25.2 Å². The number of amides is 1. The molecule has 82 valence electrons. The Hall–Kier alpha value is -0.570. The first kappa shape index (κ1) is 11.5. The van der Waals surface area contributed by atoms with E-state index in [1.54, 1.807) is 0 Å². The van der Waals surface area contributed by atoms with Crippen molar-refractivity contribution in [2.24, 2.45) is 0 Å². The molecule has 0 aliphatic heterocycles. The fraction of sp³-hybridized carbons (Fsp3) is 0.909. The zero-order valence-electron chi connectivity index (χ0n) is 9.05. The molecule has 1 aliphatic rings. The average molecular weight is 199 g/mol. The third-order valence-electron chi connectivity index (χ3n) is 2.65. The Labute approximate surface area is 86.2 Å². The van der Waals surface area contributed by atoms with Crippen LogP contribution in [0.25, 0.3) is 0 Å². The molecule has 1 rings (SSSR count). The van der Waals surface area contributed by atoms with Gasteiger partial charge < -0.3 is 10.1 Å². The van der Waals surface area contributed by atoms with Crippen molar-refractivity contribution in [1.29, 1.82) is 0 Å². The van der Waals surface area contributed by atoms with Gasteiger partial charge in [-0.2, -0.15) is 0 Å². The largest absolute Gasteiger partial charge is 0.381 e. The molecular formula is C11H21NO2. The molecule has 0 aromatic rings. The predicted octanol–water partition coefficient (Wildman–Crippen LogP) is 1.86. The first-order valence-electron chi connectivity index (χ1n) is 5.70. The van der Waals surface area contributed by atoms with Crippen LogP contribution in [-0.2, 0) is 9.53 Å². The van der Waals surface area contributed by atoms with Crippen LogP contribution in [0.3, 0.4) is 0 Å². The summed E-state index contributed by atoms with van der Waals surface area (Å²) < 4.78 is 5.13. The number of hydrogen-bond acceptors (Lipinski definition) is 2. The van der Waals surface area contributed by atoms with E-state index in [9.17, 15) is 4.79 Å². The molecule has 1 fully saturated rings. The van der Waals surface area contributed by atoms with Crippen LogP contribution in [0.2, 0.25) is 0 Å². The highest BCUT2D eigenvalue weighted by atomic mass is 16.5. The van der Waals surface area contributed by atoms with Crippen molar-refractivity contribution in [1.82, 2.24) is 5.32 Å². The van der Waals surface area contributed by atoms with E-state index < -0.39 is 0 Å². The topological polar surface area (TPSA) is 38.3 Å². The third-order valence-corrected chi connectivity index (χ3v) is 2.65. The number of nitrogens with one attached hydrogen (secondary N) is 1. The molecule has 0 bridgehead atoms. The molecule has 0 heterocycles. The summed E-state index contributed by atoms with van der Waals surface area (Å²) >= 11 is 0. The van der Waals surface area contributed by atoms with Crippen LogP contribution in [0.15, 0.2) is 0 Å². The highest BCUT2D eigenvalue weighted by Crippen LogP contribution is 2.17. The standard InChI is InChI=1S/C11H21NO2/c1-2-14-9-8-11(13)12-10-6-4-3-5-7-10/h10H,2-9H2,1H3,(H,12,13). The van der Waals surface area contributed by atoms with Crippen molar-refractivity contribution < 1.29 is 9.53 Å². The van der Waals surface area contributed by atoms with Crippen LogP contribution >= 0.6 is 0 Å². The van der Waals surface area contributed by atoms with Crippen molar-refractivity contribution in [3.8, 4) is 0 Å². The highest BCUT2D eigenvalue weighted by molar-refractivity contribution is 5.76. The van der Waals surface area contributed by atoms with E-state index in [2.05, 4.69) is 5.32 Å². The van der Waals surface area contributed by atoms with Crippen molar-refractivity contribution in [2.75, 3.05) is 13.2 Å². The van der Waals surface area contributed by atoms with Gasteiger partial charge in [0.15, 0.2) is 0 Å². The zero-order valence-corrected chi connectivity index (χ0v) is 9.05. The lowest BCUT2D eigenvalue weighted by Gasteiger charge is -2.22. The summed E-state index contributed by atoms with van der Waals surface area (Å²) in [4.78, 5) is 11.4. The lowest BCUT2D eigenvalue weighted by atomic mass is 9.95. The van der Waals surface area contributed by atoms with Crippen LogP contribution in [0.4, 0.5) is 0 Å². The Morgan fingerprint density at radius 3 is 2.71 bits per heavy atom. The molecule has 1 amide bonds. The van der Waals surface area contributed by atoms with E-state index in [-0.39, 0.29) is 5.91 Å². The van der Waals surface area contributed by atoms with Gasteiger partial charge in [-0.25, -0.2) is 0 Å². The Bertz CT molecular complexity index is 165. The SMILES string of the molecule is CCOCCC(=O)NC1CCCCC1. The fourth-order valence-corrected chi connectivity index (χ4v) is 1.86. The minimum absolute atomic E-state index is 0.144. The quantitative estimate of drug-likeness (QED) is 0.686. The van der Waals surface area contributed by atoms with Crippen molar-refractivity contribution in [3.63, 3.8) is 0 Å². The average Bonchev–Trinajstić information content (AvgIpc) is 2.20. The summed E-state index contributed by atoms with van der Waals surface area (Å²) in [6.45, 7) is 3.19. The molecular weight excluding hydrogens is 178 g/mol. The summed E-state index contributed by atoms with van der Waals surface area (Å²) in [5, 5.41) is 3.06. The van der Waals surface area contributed by atoms with Gasteiger partial charge in [-0.15, -0.1) is 0 Å². The zero-order chi connectivity index (χ0) is 10.2. The fourth-order valence-electron chi connectivity index (χ4n) is 1.86. The molecule has 1 saturated carbocycles. The Morgan fingerprint density at radius 2 is 2.07 bits per heavy atom. The van der Waals surface area contributed by atoms with Gasteiger partial charge in [0.05, 0.1) is 6.61 Å². The summed E-state index contributed by atoms with van der Waals surface area (Å²) in [7, 11) is 0. The lowest BCUT2D eigenvalue weighted by molar-refractivity contribution is -0.123. The van der Waals surface area contributed by atoms with Crippen molar-refractivity contribution in [2.45, 2.75) is 51.5 Å². The second-order valence-corrected chi connectivity index (χ2v) is 3.85. The number of rotatable bonds is 5. The second kappa shape index (κ2) is 6.82. The van der Waals surface area contributed by atoms with Gasteiger partial charge in [0, 0.05) is 19.1 Å². The van der Waals surface area contributed by atoms with E-state index in [4.69, 9.17) is 4.74 Å². The molecule has 1 N–H and O–H groups in total. The van der Waals surface area contributed by atoms with E-state index in [1.165, 1.54) is 19.3 Å². The molecule has 0 radical (unpaired) electrons. The monoisotopic (exact) mass is 199 g/mol. The van der Waals surface area contributed by atoms with Gasteiger partial charge >= 0.3 is 0 Å². The van der Waals surface area contributed by atoms with E-state index >= 15 is 0 Å². The number of carbonyl (C=O) groups excluding carboxylic acids is 1. The number of hydrogen-bond donors (Lipinski definition) is 1. The van der Waals surface area contributed by atoms with Gasteiger partial charge in [0.1, 0.15) is 0 Å². The first-order chi connectivity index (χ1) is 6.83. The second-order valence-electron chi connectivity index (χ2n) is 3.85. The number of carbonyl (C=O) groups is 1. The minimum atomic E-state index is 0.144. The van der Waals surface area contributed by atoms with Crippen molar-refractivity contribution >= 4 is 5.91 Å². The highest BCUT2D eigenvalue weighted by Gasteiger charge is 2.14. The third kappa shape index (κ3) is 4.61. The Balaban J connectivity index is 2.06. The molecule has 14 heavy (non-hydrogen) atoms. The molecule has 1 aliphatic carbocycles. The molecule has 0 unspecified atom stereocenters. The van der Waals surface area contributed by atoms with Crippen LogP contribution in [0, 0.1) is 0 Å². The molecule has 0 aromatic carbocycles. The maximum absolute atomic E-state index is 11.4. The molecule has 3 nitrogen and oxygen atoms in total. The molecule has 3 heteroatoms. The van der Waals surface area contributed by atoms with Gasteiger partial charge in [-0.1, -0.05) is 19.3 Å². The summed E-state index contributed by atoms with van der Waals surface area (Å²) in [5.74, 6) is 0.144. The molecule has 0 atom stereocenters. The van der Waals surface area contributed by atoms with Gasteiger partial charge in [0.25, 0.3) is 0 Å². The van der Waals surface area contributed by atoms with Crippen LogP contribution in [0.1, 0.15) is 45.4 Å². The van der Waals surface area contributed by atoms with Gasteiger partial charge in [-0.3, -0.25) is 4.79 Å². The van der Waals surface area contributed by atoms with E-state index in [0.717, 1.165) is 12.8 Å². The first-order valence-corrected chi connectivity index (χ1v) is 5.70. The lowest BCUT2D eigenvalue weighted by Crippen LogP contribution is -2.36. The molecule has 0 spiro atoms. The summed E-state index contributed by atoms with van der Waals surface area (Å²) in [6.07, 6.45) is 6.66. The maximum Gasteiger partial charge on any atom is 0.222 e. The predicted molar refractivity (Wildman–Crippen MR) is 56.1 cm³/mol. The summed E-state index contributed by atoms with van der Waals surface area (Å²) in [6, 6.07) is 0.429. The van der Waals surface area contributed by atoms with Crippen LogP contribution in [0.5, 0.6) is 0 Å².